The number of carbonyl (C=O) groups excluding carboxylic acids is 2. The first-order valence-corrected chi connectivity index (χ1v) is 8.77. The molecule has 5 nitrogen and oxygen atoms in total. The number of hydrogen-bond acceptors (Lipinski definition) is 3. The van der Waals surface area contributed by atoms with Crippen molar-refractivity contribution in [1.82, 2.24) is 4.90 Å². The Labute approximate surface area is 154 Å². The molecule has 0 aliphatic carbocycles. The van der Waals surface area contributed by atoms with Crippen molar-refractivity contribution in [3.8, 4) is 5.75 Å². The minimum atomic E-state index is -1.11. The number of benzene rings is 2. The highest BCUT2D eigenvalue weighted by Gasteiger charge is 2.48. The molecule has 2 aliphatic rings. The van der Waals surface area contributed by atoms with Gasteiger partial charge in [0.1, 0.15) is 0 Å². The van der Waals surface area contributed by atoms with Crippen LogP contribution >= 0.6 is 0 Å². The van der Waals surface area contributed by atoms with Crippen molar-refractivity contribution >= 4 is 17.5 Å². The van der Waals surface area contributed by atoms with Crippen molar-refractivity contribution in [1.29, 1.82) is 0 Å². The second kappa shape index (κ2) is 6.64. The second-order valence-corrected chi connectivity index (χ2v) is 6.80. The lowest BCUT2D eigenvalue weighted by atomic mass is 9.73. The summed E-state index contributed by atoms with van der Waals surface area (Å²) in [4.78, 5) is 26.5. The highest BCUT2D eigenvalue weighted by Crippen LogP contribution is 2.44. The van der Waals surface area contributed by atoms with E-state index in [4.69, 9.17) is 4.74 Å². The molecule has 2 heterocycles. The molecule has 27 heavy (non-hydrogen) atoms. The monoisotopic (exact) mass is 372 g/mol. The van der Waals surface area contributed by atoms with E-state index in [1.807, 2.05) is 24.3 Å². The first-order valence-electron chi connectivity index (χ1n) is 8.77. The average Bonchev–Trinajstić information content (AvgIpc) is 2.95. The molecule has 1 N–H and O–H groups in total. The number of ether oxygens (including phenoxy) is 1. The fourth-order valence-electron chi connectivity index (χ4n) is 3.83. The second-order valence-electron chi connectivity index (χ2n) is 6.80. The highest BCUT2D eigenvalue weighted by atomic mass is 19.2. The van der Waals surface area contributed by atoms with Crippen LogP contribution in [0.2, 0.25) is 0 Å². The molecule has 0 radical (unpaired) electrons. The number of fused-ring (bicyclic) bond motifs is 2. The van der Waals surface area contributed by atoms with Gasteiger partial charge in [0.15, 0.2) is 18.2 Å². The zero-order chi connectivity index (χ0) is 19.0. The first kappa shape index (κ1) is 17.5. The van der Waals surface area contributed by atoms with E-state index >= 15 is 0 Å². The number of amides is 2. The van der Waals surface area contributed by atoms with Crippen molar-refractivity contribution in [3.63, 3.8) is 0 Å². The minimum Gasteiger partial charge on any atom is -0.481 e. The SMILES string of the molecule is O=C(COc1cccc(F)c1F)N1CCC2(CC1)C(=O)Nc1ccccc12. The Morgan fingerprint density at radius 3 is 2.63 bits per heavy atom. The molecule has 1 spiro atoms. The standard InChI is InChI=1S/C20H18F2N2O3/c21-14-5-3-7-16(18(14)22)27-12-17(25)24-10-8-20(9-11-24)13-4-1-2-6-15(13)23-19(20)26/h1-7H,8-12H2,(H,23,26). The third-order valence-corrected chi connectivity index (χ3v) is 5.36. The van der Waals surface area contributed by atoms with Gasteiger partial charge >= 0.3 is 0 Å². The van der Waals surface area contributed by atoms with E-state index < -0.39 is 17.0 Å². The van der Waals surface area contributed by atoms with E-state index in [0.717, 1.165) is 17.3 Å². The van der Waals surface area contributed by atoms with Crippen LogP contribution in [0.15, 0.2) is 42.5 Å². The van der Waals surface area contributed by atoms with Gasteiger partial charge in [-0.05, 0) is 36.6 Å². The maximum Gasteiger partial charge on any atom is 0.260 e. The Kier molecular flexibility index (Phi) is 4.30. The quantitative estimate of drug-likeness (QED) is 0.901. The Bertz CT molecular complexity index is 908. The predicted molar refractivity (Wildman–Crippen MR) is 94.4 cm³/mol. The van der Waals surface area contributed by atoms with Crippen molar-refractivity contribution in [3.05, 3.63) is 59.7 Å². The van der Waals surface area contributed by atoms with Gasteiger partial charge in [0, 0.05) is 18.8 Å². The topological polar surface area (TPSA) is 58.6 Å². The van der Waals surface area contributed by atoms with Crippen molar-refractivity contribution in [2.75, 3.05) is 25.0 Å². The summed E-state index contributed by atoms with van der Waals surface area (Å²) >= 11 is 0. The van der Waals surface area contributed by atoms with Crippen LogP contribution < -0.4 is 10.1 Å². The molecule has 0 aromatic heterocycles. The summed E-state index contributed by atoms with van der Waals surface area (Å²) in [5, 5.41) is 2.92. The number of para-hydroxylation sites is 1. The molecule has 1 fully saturated rings. The van der Waals surface area contributed by atoms with Crippen molar-refractivity contribution in [2.45, 2.75) is 18.3 Å². The number of rotatable bonds is 3. The lowest BCUT2D eigenvalue weighted by Gasteiger charge is -2.37. The van der Waals surface area contributed by atoms with Gasteiger partial charge in [-0.25, -0.2) is 4.39 Å². The van der Waals surface area contributed by atoms with Gasteiger partial charge in [0.25, 0.3) is 5.91 Å². The number of piperidine rings is 1. The number of nitrogens with zero attached hydrogens (tertiary/aromatic N) is 1. The third-order valence-electron chi connectivity index (χ3n) is 5.36. The number of nitrogens with one attached hydrogen (secondary N) is 1. The summed E-state index contributed by atoms with van der Waals surface area (Å²) in [7, 11) is 0. The van der Waals surface area contributed by atoms with Crippen LogP contribution in [0.4, 0.5) is 14.5 Å². The van der Waals surface area contributed by atoms with Gasteiger partial charge in [0.2, 0.25) is 11.7 Å². The van der Waals surface area contributed by atoms with E-state index in [1.54, 1.807) is 4.90 Å². The lowest BCUT2D eigenvalue weighted by Crippen LogP contribution is -2.49. The van der Waals surface area contributed by atoms with E-state index in [-0.39, 0.29) is 24.2 Å². The molecule has 4 rings (SSSR count). The Balaban J connectivity index is 1.40. The third kappa shape index (κ3) is 2.93. The Morgan fingerprint density at radius 2 is 1.85 bits per heavy atom. The summed E-state index contributed by atoms with van der Waals surface area (Å²) in [5.74, 6) is -2.78. The minimum absolute atomic E-state index is 0.0334. The summed E-state index contributed by atoms with van der Waals surface area (Å²) in [5.41, 5.74) is 1.19. The predicted octanol–water partition coefficient (Wildman–Crippen LogP) is 2.86. The maximum atomic E-state index is 13.6. The van der Waals surface area contributed by atoms with Crippen molar-refractivity contribution < 1.29 is 23.1 Å². The van der Waals surface area contributed by atoms with Crippen LogP contribution in [-0.4, -0.2) is 36.4 Å². The number of halogens is 2. The van der Waals surface area contributed by atoms with Crippen LogP contribution in [0.25, 0.3) is 0 Å². The zero-order valence-corrected chi connectivity index (χ0v) is 14.5. The first-order chi connectivity index (χ1) is 13.0. The molecule has 2 aromatic carbocycles. The molecule has 2 aliphatic heterocycles. The highest BCUT2D eigenvalue weighted by molar-refractivity contribution is 6.06. The van der Waals surface area contributed by atoms with Crippen LogP contribution in [0.5, 0.6) is 5.75 Å². The summed E-state index contributed by atoms with van der Waals surface area (Å²) in [6.45, 7) is 0.418. The largest absolute Gasteiger partial charge is 0.481 e. The average molecular weight is 372 g/mol. The number of hydrogen-bond donors (Lipinski definition) is 1. The van der Waals surface area contributed by atoms with E-state index in [0.29, 0.717) is 25.9 Å². The van der Waals surface area contributed by atoms with Gasteiger partial charge in [-0.15, -0.1) is 0 Å². The number of likely N-dealkylation sites (tertiary alicyclic amines) is 1. The van der Waals surface area contributed by atoms with E-state index in [9.17, 15) is 18.4 Å². The molecule has 1 saturated heterocycles. The van der Waals surface area contributed by atoms with Crippen LogP contribution in [0, 0.1) is 11.6 Å². The molecule has 0 bridgehead atoms. The van der Waals surface area contributed by atoms with Gasteiger partial charge in [-0.1, -0.05) is 24.3 Å². The van der Waals surface area contributed by atoms with Crippen LogP contribution in [-0.2, 0) is 15.0 Å². The molecule has 7 heteroatoms. The zero-order valence-electron chi connectivity index (χ0n) is 14.5. The molecular formula is C20H18F2N2O3. The van der Waals surface area contributed by atoms with E-state index in [1.165, 1.54) is 12.1 Å². The van der Waals surface area contributed by atoms with E-state index in [2.05, 4.69) is 5.32 Å². The number of anilines is 1. The Morgan fingerprint density at radius 1 is 1.11 bits per heavy atom. The summed E-state index contributed by atoms with van der Waals surface area (Å²) < 4.78 is 31.9. The van der Waals surface area contributed by atoms with Gasteiger partial charge in [0.05, 0.1) is 5.41 Å². The molecule has 0 saturated carbocycles. The van der Waals surface area contributed by atoms with Gasteiger partial charge in [-0.3, -0.25) is 9.59 Å². The fourth-order valence-corrected chi connectivity index (χ4v) is 3.83. The molecular weight excluding hydrogens is 354 g/mol. The van der Waals surface area contributed by atoms with Crippen LogP contribution in [0.1, 0.15) is 18.4 Å². The van der Waals surface area contributed by atoms with Gasteiger partial charge < -0.3 is 15.0 Å². The van der Waals surface area contributed by atoms with Crippen molar-refractivity contribution in [2.24, 2.45) is 0 Å². The molecule has 0 atom stereocenters. The number of carbonyl (C=O) groups is 2. The molecule has 2 amide bonds. The molecule has 0 unspecified atom stereocenters. The maximum absolute atomic E-state index is 13.6. The smallest absolute Gasteiger partial charge is 0.260 e. The Hall–Kier alpha value is -2.96. The normalized spacial score (nSPS) is 17.6. The molecule has 140 valence electrons. The lowest BCUT2D eigenvalue weighted by molar-refractivity contribution is -0.137. The van der Waals surface area contributed by atoms with Gasteiger partial charge in [-0.2, -0.15) is 4.39 Å². The fraction of sp³-hybridized carbons (Fsp3) is 0.300. The van der Waals surface area contributed by atoms with Crippen LogP contribution in [0.3, 0.4) is 0 Å². The summed E-state index contributed by atoms with van der Waals surface area (Å²) in [6, 6.07) is 11.2. The molecule has 2 aromatic rings. The summed E-state index contributed by atoms with van der Waals surface area (Å²) in [6.07, 6.45) is 1.02.